The van der Waals surface area contributed by atoms with Crippen LogP contribution in [0.2, 0.25) is 0 Å². The highest BCUT2D eigenvalue weighted by Gasteiger charge is 2.31. The zero-order chi connectivity index (χ0) is 19.2. The molecular weight excluding hydrogens is 347 g/mol. The lowest BCUT2D eigenvalue weighted by molar-refractivity contribution is -0.137. The number of hydrogen-bond donors (Lipinski definition) is 1. The highest BCUT2D eigenvalue weighted by Crippen LogP contribution is 2.35. The maximum absolute atomic E-state index is 13.0. The highest BCUT2D eigenvalue weighted by atomic mass is 19.4. The molecule has 0 unspecified atom stereocenters. The lowest BCUT2D eigenvalue weighted by atomic mass is 10.1. The molecule has 0 heterocycles. The molecule has 0 aromatic heterocycles. The Morgan fingerprint density at radius 1 is 1.12 bits per heavy atom. The number of amides is 1. The lowest BCUT2D eigenvalue weighted by Crippen LogP contribution is -2.17. The molecule has 0 radical (unpaired) electrons. The molecule has 0 saturated heterocycles. The molecule has 0 spiro atoms. The third-order valence-electron chi connectivity index (χ3n) is 3.59. The Morgan fingerprint density at radius 2 is 1.85 bits per heavy atom. The van der Waals surface area contributed by atoms with Crippen LogP contribution < -0.4 is 14.8 Å². The van der Waals surface area contributed by atoms with Crippen molar-refractivity contribution in [2.24, 2.45) is 0 Å². The van der Waals surface area contributed by atoms with Gasteiger partial charge in [-0.3, -0.25) is 4.79 Å². The van der Waals surface area contributed by atoms with Gasteiger partial charge in [0, 0.05) is 5.56 Å². The third-order valence-corrected chi connectivity index (χ3v) is 3.59. The minimum absolute atomic E-state index is 0.00632. The molecule has 0 fully saturated rings. The topological polar surface area (TPSA) is 47.6 Å². The van der Waals surface area contributed by atoms with Crippen LogP contribution in [0.15, 0.2) is 42.5 Å². The summed E-state index contributed by atoms with van der Waals surface area (Å²) in [5, 5.41) is 2.51. The van der Waals surface area contributed by atoms with Gasteiger partial charge in [0.2, 0.25) is 5.91 Å². The number of carbonyl (C=O) groups excluding carboxylic acids is 1. The van der Waals surface area contributed by atoms with E-state index in [2.05, 4.69) is 5.32 Å². The smallest absolute Gasteiger partial charge is 0.416 e. The number of halogens is 3. The van der Waals surface area contributed by atoms with E-state index in [4.69, 9.17) is 9.47 Å². The number of methoxy groups -OCH3 is 1. The zero-order valence-corrected chi connectivity index (χ0v) is 14.5. The highest BCUT2D eigenvalue weighted by molar-refractivity contribution is 5.94. The summed E-state index contributed by atoms with van der Waals surface area (Å²) < 4.78 is 49.5. The number of hydrogen-bond acceptors (Lipinski definition) is 3. The van der Waals surface area contributed by atoms with Gasteiger partial charge in [-0.15, -0.1) is 0 Å². The molecule has 0 bridgehead atoms. The Bertz CT molecular complexity index is 760. The van der Waals surface area contributed by atoms with E-state index >= 15 is 0 Å². The minimum Gasteiger partial charge on any atom is -0.496 e. The van der Waals surface area contributed by atoms with Crippen LogP contribution in [-0.4, -0.2) is 19.6 Å². The number of rotatable bonds is 7. The largest absolute Gasteiger partial charge is 0.496 e. The first kappa shape index (κ1) is 19.6. The molecule has 1 amide bonds. The monoisotopic (exact) mass is 367 g/mol. The molecule has 0 saturated carbocycles. The first-order chi connectivity index (χ1) is 12.3. The van der Waals surface area contributed by atoms with Gasteiger partial charge in [-0.1, -0.05) is 25.1 Å². The molecular formula is C19H20F3NO3. The van der Waals surface area contributed by atoms with Gasteiger partial charge in [0.05, 0.1) is 31.4 Å². The first-order valence-electron chi connectivity index (χ1n) is 8.11. The standard InChI is InChI=1S/C19H20F3NO3/c1-3-10-26-17-9-8-14(19(20,21)22)12-15(17)23-18(24)11-13-6-4-5-7-16(13)25-2/h4-9,12H,3,10-11H2,1-2H3,(H,23,24). The van der Waals surface area contributed by atoms with E-state index in [9.17, 15) is 18.0 Å². The van der Waals surface area contributed by atoms with Gasteiger partial charge in [0.1, 0.15) is 11.5 Å². The maximum Gasteiger partial charge on any atom is 0.416 e. The molecule has 2 aromatic rings. The van der Waals surface area contributed by atoms with Crippen molar-refractivity contribution in [2.75, 3.05) is 19.0 Å². The van der Waals surface area contributed by atoms with Crippen molar-refractivity contribution in [1.82, 2.24) is 0 Å². The maximum atomic E-state index is 13.0. The molecule has 2 aromatic carbocycles. The Morgan fingerprint density at radius 3 is 2.50 bits per heavy atom. The van der Waals surface area contributed by atoms with Crippen molar-refractivity contribution in [3.05, 3.63) is 53.6 Å². The van der Waals surface area contributed by atoms with E-state index in [0.29, 0.717) is 24.3 Å². The molecule has 0 aliphatic carbocycles. The van der Waals surface area contributed by atoms with Gasteiger partial charge in [-0.05, 0) is 30.7 Å². The van der Waals surface area contributed by atoms with Gasteiger partial charge in [-0.2, -0.15) is 13.2 Å². The summed E-state index contributed by atoms with van der Waals surface area (Å²) in [5.74, 6) is 0.276. The van der Waals surface area contributed by atoms with Crippen LogP contribution >= 0.6 is 0 Å². The molecule has 2 rings (SSSR count). The van der Waals surface area contributed by atoms with Gasteiger partial charge < -0.3 is 14.8 Å². The van der Waals surface area contributed by atoms with Crippen LogP contribution in [0.5, 0.6) is 11.5 Å². The van der Waals surface area contributed by atoms with E-state index < -0.39 is 17.6 Å². The fraction of sp³-hybridized carbons (Fsp3) is 0.316. The number of nitrogens with one attached hydrogen (secondary N) is 1. The predicted molar refractivity (Wildman–Crippen MR) is 92.6 cm³/mol. The van der Waals surface area contributed by atoms with E-state index in [1.165, 1.54) is 13.2 Å². The predicted octanol–water partition coefficient (Wildman–Crippen LogP) is 4.68. The van der Waals surface area contributed by atoms with Crippen LogP contribution in [0.25, 0.3) is 0 Å². The van der Waals surface area contributed by atoms with Crippen molar-refractivity contribution in [3.63, 3.8) is 0 Å². The summed E-state index contributed by atoms with van der Waals surface area (Å²) in [6.45, 7) is 2.21. The van der Waals surface area contributed by atoms with Crippen molar-refractivity contribution in [3.8, 4) is 11.5 Å². The number of anilines is 1. The van der Waals surface area contributed by atoms with E-state index in [1.54, 1.807) is 24.3 Å². The summed E-state index contributed by atoms with van der Waals surface area (Å²) in [4.78, 5) is 12.3. The second-order valence-electron chi connectivity index (χ2n) is 5.59. The SMILES string of the molecule is CCCOc1ccc(C(F)(F)F)cc1NC(=O)Cc1ccccc1OC. The van der Waals surface area contributed by atoms with Crippen LogP contribution in [0.1, 0.15) is 24.5 Å². The summed E-state index contributed by atoms with van der Waals surface area (Å²) in [6, 6.07) is 9.99. The quantitative estimate of drug-likeness (QED) is 0.773. The molecule has 0 aliphatic heterocycles. The summed E-state index contributed by atoms with van der Waals surface area (Å²) in [7, 11) is 1.49. The number of alkyl halides is 3. The van der Waals surface area contributed by atoms with Crippen molar-refractivity contribution < 1.29 is 27.4 Å². The van der Waals surface area contributed by atoms with E-state index in [1.807, 2.05) is 6.92 Å². The summed E-state index contributed by atoms with van der Waals surface area (Å²) in [6.07, 6.45) is -3.85. The molecule has 4 nitrogen and oxygen atoms in total. The molecule has 0 atom stereocenters. The minimum atomic E-state index is -4.51. The summed E-state index contributed by atoms with van der Waals surface area (Å²) >= 11 is 0. The summed E-state index contributed by atoms with van der Waals surface area (Å²) in [5.41, 5.74) is -0.224. The molecule has 0 aliphatic rings. The molecule has 140 valence electrons. The zero-order valence-electron chi connectivity index (χ0n) is 14.5. The average molecular weight is 367 g/mol. The Labute approximate surface area is 149 Å². The second kappa shape index (κ2) is 8.60. The van der Waals surface area contributed by atoms with E-state index in [0.717, 1.165) is 12.1 Å². The number of benzene rings is 2. The van der Waals surface area contributed by atoms with Gasteiger partial charge in [-0.25, -0.2) is 0 Å². The molecule has 26 heavy (non-hydrogen) atoms. The molecule has 7 heteroatoms. The normalized spacial score (nSPS) is 11.1. The Hall–Kier alpha value is -2.70. The van der Waals surface area contributed by atoms with Gasteiger partial charge in [0.25, 0.3) is 0 Å². The third kappa shape index (κ3) is 5.15. The average Bonchev–Trinajstić information content (AvgIpc) is 2.60. The number of para-hydroxylation sites is 1. The fourth-order valence-electron chi connectivity index (χ4n) is 2.36. The fourth-order valence-corrected chi connectivity index (χ4v) is 2.36. The van der Waals surface area contributed by atoms with Crippen molar-refractivity contribution >= 4 is 11.6 Å². The van der Waals surface area contributed by atoms with Crippen LogP contribution in [0, 0.1) is 0 Å². The second-order valence-corrected chi connectivity index (χ2v) is 5.59. The lowest BCUT2D eigenvalue weighted by Gasteiger charge is -2.15. The van der Waals surface area contributed by atoms with Crippen LogP contribution in [-0.2, 0) is 17.4 Å². The van der Waals surface area contributed by atoms with Gasteiger partial charge >= 0.3 is 6.18 Å². The van der Waals surface area contributed by atoms with Crippen molar-refractivity contribution in [1.29, 1.82) is 0 Å². The Kier molecular flexibility index (Phi) is 6.49. The number of carbonyl (C=O) groups is 1. The Balaban J connectivity index is 2.23. The van der Waals surface area contributed by atoms with Crippen LogP contribution in [0.3, 0.4) is 0 Å². The molecule has 1 N–H and O–H groups in total. The van der Waals surface area contributed by atoms with Crippen molar-refractivity contribution in [2.45, 2.75) is 25.9 Å². The van der Waals surface area contributed by atoms with Gasteiger partial charge in [0.15, 0.2) is 0 Å². The van der Waals surface area contributed by atoms with Crippen LogP contribution in [0.4, 0.5) is 18.9 Å². The van der Waals surface area contributed by atoms with E-state index in [-0.39, 0.29) is 17.9 Å². The number of ether oxygens (including phenoxy) is 2. The first-order valence-corrected chi connectivity index (χ1v) is 8.11.